The van der Waals surface area contributed by atoms with Gasteiger partial charge < -0.3 is 9.47 Å². The molecule has 0 saturated carbocycles. The van der Waals surface area contributed by atoms with Gasteiger partial charge in [-0.2, -0.15) is 5.10 Å². The molecule has 8 rings (SSSR count). The SMILES string of the molecule is Cc1cc(C)n(-c2cccc(N(c3ccccc3)c3cccc(-c4cc5c6ccccc6n(-c6ccccc6)c5cn4)c3)c2)n1. The first kappa shape index (κ1) is 26.7. The number of benzene rings is 5. The van der Waals surface area contributed by atoms with Crippen LogP contribution in [0.15, 0.2) is 152 Å². The largest absolute Gasteiger partial charge is 0.310 e. The fourth-order valence-electron chi connectivity index (χ4n) is 6.36. The quantitative estimate of drug-likeness (QED) is 0.196. The summed E-state index contributed by atoms with van der Waals surface area (Å²) in [4.78, 5) is 7.31. The summed E-state index contributed by atoms with van der Waals surface area (Å²) in [5.74, 6) is 0. The third-order valence-electron chi connectivity index (χ3n) is 8.33. The number of pyridine rings is 1. The van der Waals surface area contributed by atoms with Crippen LogP contribution in [0.5, 0.6) is 0 Å². The number of fused-ring (bicyclic) bond motifs is 3. The van der Waals surface area contributed by atoms with Gasteiger partial charge in [-0.05, 0) is 86.6 Å². The molecule has 3 aromatic heterocycles. The second-order valence-corrected chi connectivity index (χ2v) is 11.4. The summed E-state index contributed by atoms with van der Waals surface area (Å²) in [6.45, 7) is 4.12. The molecule has 0 radical (unpaired) electrons. The number of para-hydroxylation sites is 3. The zero-order valence-corrected chi connectivity index (χ0v) is 25.2. The minimum Gasteiger partial charge on any atom is -0.310 e. The number of nitrogens with zero attached hydrogens (tertiary/aromatic N) is 5. The van der Waals surface area contributed by atoms with Crippen molar-refractivity contribution < 1.29 is 0 Å². The van der Waals surface area contributed by atoms with Crippen molar-refractivity contribution in [3.8, 4) is 22.6 Å². The van der Waals surface area contributed by atoms with Crippen molar-refractivity contribution in [1.82, 2.24) is 19.3 Å². The van der Waals surface area contributed by atoms with E-state index in [1.54, 1.807) is 0 Å². The van der Waals surface area contributed by atoms with Crippen LogP contribution < -0.4 is 4.90 Å². The van der Waals surface area contributed by atoms with Gasteiger partial charge in [-0.25, -0.2) is 4.68 Å². The molecule has 5 aromatic carbocycles. The fraction of sp³-hybridized carbons (Fsp3) is 0.0500. The molecule has 0 atom stereocenters. The Balaban J connectivity index is 1.26. The predicted molar refractivity (Wildman–Crippen MR) is 185 cm³/mol. The Bertz CT molecular complexity index is 2300. The van der Waals surface area contributed by atoms with Crippen LogP contribution in [0, 0.1) is 13.8 Å². The average molecular weight is 582 g/mol. The first-order valence-electron chi connectivity index (χ1n) is 15.2. The maximum Gasteiger partial charge on any atom is 0.0724 e. The Labute approximate surface area is 262 Å². The van der Waals surface area contributed by atoms with Crippen LogP contribution in [0.4, 0.5) is 17.1 Å². The van der Waals surface area contributed by atoms with Gasteiger partial charge in [0.15, 0.2) is 0 Å². The molecular weight excluding hydrogens is 550 g/mol. The van der Waals surface area contributed by atoms with Crippen LogP contribution in [0.2, 0.25) is 0 Å². The smallest absolute Gasteiger partial charge is 0.0724 e. The Hall–Kier alpha value is -5.94. The summed E-state index contributed by atoms with van der Waals surface area (Å²) >= 11 is 0. The standard InChI is InChI=1S/C40H31N5/c1-28-23-29(2)45(42-28)35-20-12-19-34(25-35)43(31-14-5-3-6-15-31)33-18-11-13-30(24-33)38-26-37-36-21-9-10-22-39(36)44(40(37)27-41-38)32-16-7-4-8-17-32/h3-27H,1-2H3. The molecule has 0 amide bonds. The lowest BCUT2D eigenvalue weighted by Gasteiger charge is -2.26. The summed E-state index contributed by atoms with van der Waals surface area (Å²) < 4.78 is 4.30. The van der Waals surface area contributed by atoms with Crippen LogP contribution >= 0.6 is 0 Å². The summed E-state index contributed by atoms with van der Waals surface area (Å²) in [5, 5.41) is 7.13. The van der Waals surface area contributed by atoms with Crippen molar-refractivity contribution >= 4 is 38.9 Å². The third kappa shape index (κ3) is 4.75. The number of rotatable bonds is 6. The van der Waals surface area contributed by atoms with Crippen molar-refractivity contribution in [1.29, 1.82) is 0 Å². The zero-order chi connectivity index (χ0) is 30.3. The van der Waals surface area contributed by atoms with Crippen LogP contribution in [0.1, 0.15) is 11.4 Å². The summed E-state index contributed by atoms with van der Waals surface area (Å²) in [6.07, 6.45) is 2.01. The van der Waals surface area contributed by atoms with Crippen LogP contribution in [0.3, 0.4) is 0 Å². The Kier molecular flexibility index (Phi) is 6.50. The lowest BCUT2D eigenvalue weighted by atomic mass is 10.1. The predicted octanol–water partition coefficient (Wildman–Crippen LogP) is 10.1. The molecule has 45 heavy (non-hydrogen) atoms. The van der Waals surface area contributed by atoms with E-state index in [0.717, 1.165) is 56.6 Å². The molecule has 3 heterocycles. The van der Waals surface area contributed by atoms with E-state index in [-0.39, 0.29) is 0 Å². The average Bonchev–Trinajstić information content (AvgIpc) is 3.61. The lowest BCUT2D eigenvalue weighted by Crippen LogP contribution is -2.11. The molecule has 0 bridgehead atoms. The van der Waals surface area contributed by atoms with Gasteiger partial charge in [0.25, 0.3) is 0 Å². The van der Waals surface area contributed by atoms with Crippen molar-refractivity contribution in [2.45, 2.75) is 13.8 Å². The van der Waals surface area contributed by atoms with E-state index in [0.29, 0.717) is 0 Å². The zero-order valence-electron chi connectivity index (χ0n) is 25.2. The molecule has 0 unspecified atom stereocenters. The molecule has 5 nitrogen and oxygen atoms in total. The summed E-state index contributed by atoms with van der Waals surface area (Å²) in [7, 11) is 0. The highest BCUT2D eigenvalue weighted by Gasteiger charge is 2.17. The molecule has 0 aliphatic carbocycles. The van der Waals surface area contributed by atoms with Crippen LogP contribution in [-0.4, -0.2) is 19.3 Å². The fourth-order valence-corrected chi connectivity index (χ4v) is 6.36. The van der Waals surface area contributed by atoms with E-state index < -0.39 is 0 Å². The Morgan fingerprint density at radius 3 is 1.98 bits per heavy atom. The van der Waals surface area contributed by atoms with E-state index >= 15 is 0 Å². The number of hydrogen-bond donors (Lipinski definition) is 0. The number of anilines is 3. The maximum absolute atomic E-state index is 5.02. The lowest BCUT2D eigenvalue weighted by molar-refractivity contribution is 0.833. The molecule has 0 fully saturated rings. The monoisotopic (exact) mass is 581 g/mol. The van der Waals surface area contributed by atoms with Crippen LogP contribution in [0.25, 0.3) is 44.4 Å². The molecule has 0 saturated heterocycles. The van der Waals surface area contributed by atoms with E-state index in [1.807, 2.05) is 17.8 Å². The summed E-state index contributed by atoms with van der Waals surface area (Å²) in [6, 6.07) is 51.1. The topological polar surface area (TPSA) is 38.9 Å². The van der Waals surface area contributed by atoms with Gasteiger partial charge in [-0.3, -0.25) is 4.98 Å². The first-order chi connectivity index (χ1) is 22.1. The molecule has 5 heteroatoms. The highest BCUT2D eigenvalue weighted by Crippen LogP contribution is 2.38. The van der Waals surface area contributed by atoms with Gasteiger partial charge in [0.05, 0.1) is 34.3 Å². The molecular formula is C40H31N5. The minimum absolute atomic E-state index is 0.935. The van der Waals surface area contributed by atoms with E-state index in [4.69, 9.17) is 10.1 Å². The van der Waals surface area contributed by atoms with E-state index in [1.165, 1.54) is 16.3 Å². The van der Waals surface area contributed by atoms with Gasteiger partial charge in [-0.15, -0.1) is 0 Å². The number of aromatic nitrogens is 4. The number of hydrogen-bond acceptors (Lipinski definition) is 3. The maximum atomic E-state index is 5.02. The van der Waals surface area contributed by atoms with Crippen molar-refractivity contribution in [3.63, 3.8) is 0 Å². The van der Waals surface area contributed by atoms with Gasteiger partial charge in [-0.1, -0.05) is 72.8 Å². The first-order valence-corrected chi connectivity index (χ1v) is 15.2. The van der Waals surface area contributed by atoms with Crippen LogP contribution in [-0.2, 0) is 0 Å². The molecule has 0 spiro atoms. The Morgan fingerprint density at radius 1 is 0.533 bits per heavy atom. The Morgan fingerprint density at radius 2 is 1.20 bits per heavy atom. The van der Waals surface area contributed by atoms with E-state index in [2.05, 4.69) is 162 Å². The molecule has 216 valence electrons. The molecule has 0 aliphatic rings. The minimum atomic E-state index is 0.935. The normalized spacial score (nSPS) is 11.3. The summed E-state index contributed by atoms with van der Waals surface area (Å²) in [5.41, 5.74) is 11.7. The van der Waals surface area contributed by atoms with Gasteiger partial charge in [0, 0.05) is 44.8 Å². The second kappa shape index (κ2) is 11.0. The number of aryl methyl sites for hydroxylation is 2. The van der Waals surface area contributed by atoms with Gasteiger partial charge in [0.1, 0.15) is 0 Å². The second-order valence-electron chi connectivity index (χ2n) is 11.4. The molecule has 0 N–H and O–H groups in total. The van der Waals surface area contributed by atoms with Crippen molar-refractivity contribution in [2.75, 3.05) is 4.90 Å². The molecule has 8 aromatic rings. The third-order valence-corrected chi connectivity index (χ3v) is 8.33. The van der Waals surface area contributed by atoms with Crippen molar-refractivity contribution in [2.24, 2.45) is 0 Å². The highest BCUT2D eigenvalue weighted by atomic mass is 15.3. The molecule has 0 aliphatic heterocycles. The van der Waals surface area contributed by atoms with Gasteiger partial charge >= 0.3 is 0 Å². The van der Waals surface area contributed by atoms with Gasteiger partial charge in [0.2, 0.25) is 0 Å². The van der Waals surface area contributed by atoms with E-state index in [9.17, 15) is 0 Å². The van der Waals surface area contributed by atoms with Crippen molar-refractivity contribution in [3.05, 3.63) is 163 Å². The highest BCUT2D eigenvalue weighted by molar-refractivity contribution is 6.10.